The molecule has 2 heterocycles. The van der Waals surface area contributed by atoms with Crippen molar-refractivity contribution in [3.63, 3.8) is 0 Å². The molecule has 0 aromatic carbocycles. The Kier molecular flexibility index (Phi) is 6.30. The number of aliphatic hydroxyl groups excluding tert-OH is 7. The van der Waals surface area contributed by atoms with Crippen molar-refractivity contribution in [2.75, 3.05) is 13.2 Å². The molecule has 0 radical (unpaired) electrons. The molecule has 0 spiro atoms. The van der Waals surface area contributed by atoms with Gasteiger partial charge < -0.3 is 50.0 Å². The molecule has 10 heteroatoms. The van der Waals surface area contributed by atoms with Crippen molar-refractivity contribution in [1.82, 2.24) is 0 Å². The molecule has 0 amide bonds. The highest BCUT2D eigenvalue weighted by Crippen LogP contribution is 2.30. The van der Waals surface area contributed by atoms with Gasteiger partial charge in [0.25, 0.3) is 0 Å². The minimum absolute atomic E-state index is 0.567. The molecule has 7 N–H and O–H groups in total. The third-order valence-corrected chi connectivity index (χ3v) is 4.33. The van der Waals surface area contributed by atoms with E-state index in [9.17, 15) is 30.6 Å². The number of ether oxygens (including phenoxy) is 3. The predicted molar refractivity (Wildman–Crippen MR) is 71.8 cm³/mol. The number of aliphatic hydroxyl groups is 7. The summed E-state index contributed by atoms with van der Waals surface area (Å²) in [6.45, 7) is 0.322. The van der Waals surface area contributed by atoms with Crippen LogP contribution in [0.25, 0.3) is 0 Å². The highest BCUT2D eigenvalue weighted by Gasteiger charge is 2.49. The van der Waals surface area contributed by atoms with Gasteiger partial charge in [-0.25, -0.2) is 0 Å². The molecule has 136 valence electrons. The first-order valence-electron chi connectivity index (χ1n) is 7.40. The van der Waals surface area contributed by atoms with Gasteiger partial charge >= 0.3 is 0 Å². The lowest BCUT2D eigenvalue weighted by molar-refractivity contribution is -0.349. The van der Waals surface area contributed by atoms with E-state index < -0.39 is 74.4 Å². The van der Waals surface area contributed by atoms with Crippen LogP contribution in [-0.4, -0.2) is 104 Å². The van der Waals surface area contributed by atoms with Gasteiger partial charge in [0.2, 0.25) is 0 Å². The van der Waals surface area contributed by atoms with Gasteiger partial charge in [-0.15, -0.1) is 0 Å². The number of hydrogen-bond donors (Lipinski definition) is 7. The normalized spacial score (nSPS) is 51.7. The summed E-state index contributed by atoms with van der Waals surface area (Å²) in [5.74, 6) is -0.729. The number of rotatable bonds is 4. The Morgan fingerprint density at radius 3 is 1.96 bits per heavy atom. The van der Waals surface area contributed by atoms with Gasteiger partial charge in [0.15, 0.2) is 12.6 Å². The summed E-state index contributed by atoms with van der Waals surface area (Å²) >= 11 is 0. The average Bonchev–Trinajstić information content (AvgIpc) is 2.55. The van der Waals surface area contributed by atoms with E-state index >= 15 is 0 Å². The Hall–Kier alpha value is -0.400. The Morgan fingerprint density at radius 2 is 1.39 bits per heavy atom. The molecule has 2 aliphatic heterocycles. The van der Waals surface area contributed by atoms with Crippen molar-refractivity contribution in [3.05, 3.63) is 0 Å². The monoisotopic (exact) mass is 340 g/mol. The smallest absolute Gasteiger partial charge is 0.187 e. The van der Waals surface area contributed by atoms with Crippen molar-refractivity contribution in [1.29, 1.82) is 0 Å². The first kappa shape index (κ1) is 18.9. The molecule has 2 aliphatic rings. The van der Waals surface area contributed by atoms with Crippen LogP contribution in [0.3, 0.4) is 0 Å². The van der Waals surface area contributed by atoms with Crippen molar-refractivity contribution in [3.8, 4) is 0 Å². The molecular formula is C13H24O10. The molecule has 10 atom stereocenters. The maximum absolute atomic E-state index is 10.2. The zero-order valence-electron chi connectivity index (χ0n) is 12.5. The van der Waals surface area contributed by atoms with E-state index in [4.69, 9.17) is 19.3 Å². The van der Waals surface area contributed by atoms with Gasteiger partial charge in [-0.05, 0) is 0 Å². The predicted octanol–water partition coefficient (Wildman–Crippen LogP) is -4.12. The zero-order chi connectivity index (χ0) is 17.3. The maximum Gasteiger partial charge on any atom is 0.187 e. The van der Waals surface area contributed by atoms with Crippen molar-refractivity contribution in [2.45, 2.75) is 62.2 Å². The fraction of sp³-hybridized carbons (Fsp3) is 1.00. The minimum Gasteiger partial charge on any atom is -0.394 e. The fourth-order valence-corrected chi connectivity index (χ4v) is 2.72. The minimum atomic E-state index is -1.64. The summed E-state index contributed by atoms with van der Waals surface area (Å²) in [5.41, 5.74) is 0. The summed E-state index contributed by atoms with van der Waals surface area (Å²) in [7, 11) is 0. The molecule has 0 saturated carbocycles. The van der Waals surface area contributed by atoms with Crippen molar-refractivity contribution < 1.29 is 50.0 Å². The Bertz CT molecular complexity index is 378. The van der Waals surface area contributed by atoms with Crippen LogP contribution in [0.15, 0.2) is 0 Å². The second kappa shape index (κ2) is 7.66. The summed E-state index contributed by atoms with van der Waals surface area (Å²) in [6, 6.07) is 0. The SMILES string of the molecule is CC1C(O)OC(CO)[C@@H](O[C@@H]2OC(CO)[C@H](O)[C@H](O)C2O)[C@@H]1O. The Morgan fingerprint density at radius 1 is 0.783 bits per heavy atom. The Labute approximate surface area is 132 Å². The largest absolute Gasteiger partial charge is 0.394 e. The standard InChI is InChI=1S/C13H24O10/c1-4-7(16)11(6(3-15)21-12(4)20)23-13-10(19)9(18)8(17)5(2-14)22-13/h4-20H,2-3H2,1H3/t4?,5?,6?,7-,8+,9+,10?,11-,12?,13+/m1/s1. The van der Waals surface area contributed by atoms with Crippen LogP contribution in [-0.2, 0) is 14.2 Å². The third-order valence-electron chi connectivity index (χ3n) is 4.33. The summed E-state index contributed by atoms with van der Waals surface area (Å²) in [6.07, 6.45) is -12.2. The van der Waals surface area contributed by atoms with Crippen molar-refractivity contribution in [2.24, 2.45) is 5.92 Å². The van der Waals surface area contributed by atoms with E-state index in [1.54, 1.807) is 0 Å². The maximum atomic E-state index is 10.2. The van der Waals surface area contributed by atoms with Gasteiger partial charge in [-0.2, -0.15) is 0 Å². The second-order valence-electron chi connectivity index (χ2n) is 5.90. The Balaban J connectivity index is 2.11. The van der Waals surface area contributed by atoms with Gasteiger partial charge in [-0.1, -0.05) is 6.92 Å². The molecule has 0 bridgehead atoms. The summed E-state index contributed by atoms with van der Waals surface area (Å²) in [5, 5.41) is 67.7. The van der Waals surface area contributed by atoms with Crippen LogP contribution in [0.1, 0.15) is 6.92 Å². The molecular weight excluding hydrogens is 316 g/mol. The highest BCUT2D eigenvalue weighted by molar-refractivity contribution is 4.92. The molecule has 23 heavy (non-hydrogen) atoms. The first-order valence-corrected chi connectivity index (χ1v) is 7.40. The molecule has 2 rings (SSSR count). The van der Waals surface area contributed by atoms with Crippen LogP contribution in [0.2, 0.25) is 0 Å². The van der Waals surface area contributed by atoms with Gasteiger partial charge in [0.1, 0.15) is 36.6 Å². The second-order valence-corrected chi connectivity index (χ2v) is 5.90. The van der Waals surface area contributed by atoms with Gasteiger partial charge in [0, 0.05) is 5.92 Å². The van der Waals surface area contributed by atoms with E-state index in [0.29, 0.717) is 0 Å². The van der Waals surface area contributed by atoms with E-state index in [1.165, 1.54) is 6.92 Å². The van der Waals surface area contributed by atoms with E-state index in [-0.39, 0.29) is 0 Å². The van der Waals surface area contributed by atoms with Crippen LogP contribution >= 0.6 is 0 Å². The third kappa shape index (κ3) is 3.66. The lowest BCUT2D eigenvalue weighted by Crippen LogP contribution is -2.63. The average molecular weight is 340 g/mol. The van der Waals surface area contributed by atoms with Crippen LogP contribution in [0.4, 0.5) is 0 Å². The van der Waals surface area contributed by atoms with Gasteiger partial charge in [0.05, 0.1) is 19.3 Å². The van der Waals surface area contributed by atoms with Gasteiger partial charge in [-0.3, -0.25) is 0 Å². The fourth-order valence-electron chi connectivity index (χ4n) is 2.72. The summed E-state index contributed by atoms with van der Waals surface area (Å²) < 4.78 is 15.8. The number of hydrogen-bond acceptors (Lipinski definition) is 10. The molecule has 2 saturated heterocycles. The summed E-state index contributed by atoms with van der Waals surface area (Å²) in [4.78, 5) is 0. The van der Waals surface area contributed by atoms with E-state index in [1.807, 2.05) is 0 Å². The quantitative estimate of drug-likeness (QED) is 0.267. The van der Waals surface area contributed by atoms with Crippen LogP contribution < -0.4 is 0 Å². The lowest BCUT2D eigenvalue weighted by Gasteiger charge is -2.45. The molecule has 0 aromatic rings. The molecule has 0 aliphatic carbocycles. The van der Waals surface area contributed by atoms with E-state index in [0.717, 1.165) is 0 Å². The van der Waals surface area contributed by atoms with Crippen molar-refractivity contribution >= 4 is 0 Å². The molecule has 2 fully saturated rings. The molecule has 5 unspecified atom stereocenters. The van der Waals surface area contributed by atoms with Crippen LogP contribution in [0.5, 0.6) is 0 Å². The molecule has 10 nitrogen and oxygen atoms in total. The topological polar surface area (TPSA) is 169 Å². The lowest BCUT2D eigenvalue weighted by atomic mass is 9.92. The molecule has 0 aromatic heterocycles. The van der Waals surface area contributed by atoms with E-state index in [2.05, 4.69) is 0 Å². The highest BCUT2D eigenvalue weighted by atomic mass is 16.7. The zero-order valence-corrected chi connectivity index (χ0v) is 12.5. The van der Waals surface area contributed by atoms with Crippen LogP contribution in [0, 0.1) is 5.92 Å². The first-order chi connectivity index (χ1) is 10.8.